The molecule has 92 valence electrons. The van der Waals surface area contributed by atoms with Crippen molar-refractivity contribution in [1.82, 2.24) is 0 Å². The lowest BCUT2D eigenvalue weighted by atomic mass is 10.1. The van der Waals surface area contributed by atoms with E-state index < -0.39 is 0 Å². The molecule has 0 bridgehead atoms. The minimum atomic E-state index is -0.246. The van der Waals surface area contributed by atoms with Crippen LogP contribution in [0.4, 0.5) is 4.39 Å². The summed E-state index contributed by atoms with van der Waals surface area (Å²) in [5.74, 6) is -0.246. The molecule has 0 saturated carbocycles. The Bertz CT molecular complexity index is 490. The van der Waals surface area contributed by atoms with Gasteiger partial charge in [-0.2, -0.15) is 0 Å². The lowest BCUT2D eigenvalue weighted by Crippen LogP contribution is -2.01. The molecule has 0 spiro atoms. The Kier molecular flexibility index (Phi) is 4.26. The Morgan fingerprint density at radius 3 is 2.33 bits per heavy atom. The maximum absolute atomic E-state index is 12.8. The zero-order chi connectivity index (χ0) is 12.8. The Morgan fingerprint density at radius 1 is 1.06 bits per heavy atom. The lowest BCUT2D eigenvalue weighted by molar-refractivity contribution is 0.0720. The van der Waals surface area contributed by atoms with Crippen molar-refractivity contribution in [3.8, 4) is 0 Å². The smallest absolute Gasteiger partial charge is 0.123 e. The standard InChI is InChI=1S/C16H15FO/c1-2-16(14-8-10-15(17)11-9-14)18-12-13-6-4-3-5-7-13/h2-11,16H,1,12H2/t16-/m0/s1. The minimum Gasteiger partial charge on any atom is -0.365 e. The largest absolute Gasteiger partial charge is 0.365 e. The van der Waals surface area contributed by atoms with Gasteiger partial charge >= 0.3 is 0 Å². The van der Waals surface area contributed by atoms with Crippen LogP contribution in [0.15, 0.2) is 67.3 Å². The molecule has 0 fully saturated rings. The lowest BCUT2D eigenvalue weighted by Gasteiger charge is -2.14. The van der Waals surface area contributed by atoms with Crippen molar-refractivity contribution in [2.45, 2.75) is 12.7 Å². The molecule has 0 heterocycles. The summed E-state index contributed by atoms with van der Waals surface area (Å²) in [5.41, 5.74) is 2.01. The Hall–Kier alpha value is -1.93. The molecule has 1 atom stereocenters. The van der Waals surface area contributed by atoms with Crippen molar-refractivity contribution < 1.29 is 9.13 Å². The molecule has 0 aliphatic carbocycles. The summed E-state index contributed by atoms with van der Waals surface area (Å²) >= 11 is 0. The quantitative estimate of drug-likeness (QED) is 0.711. The molecule has 1 nitrogen and oxygen atoms in total. The molecular formula is C16H15FO. The van der Waals surface area contributed by atoms with Crippen LogP contribution >= 0.6 is 0 Å². The highest BCUT2D eigenvalue weighted by Crippen LogP contribution is 2.20. The van der Waals surface area contributed by atoms with Gasteiger partial charge in [-0.25, -0.2) is 4.39 Å². The molecule has 0 aliphatic heterocycles. The Morgan fingerprint density at radius 2 is 1.72 bits per heavy atom. The van der Waals surface area contributed by atoms with Crippen molar-refractivity contribution in [3.63, 3.8) is 0 Å². The van der Waals surface area contributed by atoms with Crippen LogP contribution in [0.1, 0.15) is 17.2 Å². The second-order valence-electron chi connectivity index (χ2n) is 4.00. The van der Waals surface area contributed by atoms with E-state index in [0.717, 1.165) is 11.1 Å². The van der Waals surface area contributed by atoms with Crippen LogP contribution in [0.3, 0.4) is 0 Å². The Balaban J connectivity index is 2.02. The van der Waals surface area contributed by atoms with Crippen molar-refractivity contribution in [2.75, 3.05) is 0 Å². The van der Waals surface area contributed by atoms with Crippen LogP contribution in [-0.4, -0.2) is 0 Å². The molecule has 0 N–H and O–H groups in total. The fourth-order valence-corrected chi connectivity index (χ4v) is 1.71. The highest BCUT2D eigenvalue weighted by Gasteiger charge is 2.07. The second kappa shape index (κ2) is 6.12. The molecule has 0 radical (unpaired) electrons. The summed E-state index contributed by atoms with van der Waals surface area (Å²) in [4.78, 5) is 0. The third kappa shape index (κ3) is 3.28. The zero-order valence-electron chi connectivity index (χ0n) is 10.1. The van der Waals surface area contributed by atoms with Crippen LogP contribution in [0.5, 0.6) is 0 Å². The number of rotatable bonds is 5. The second-order valence-corrected chi connectivity index (χ2v) is 4.00. The minimum absolute atomic E-state index is 0.217. The monoisotopic (exact) mass is 242 g/mol. The SMILES string of the molecule is C=C[C@H](OCc1ccccc1)c1ccc(F)cc1. The fourth-order valence-electron chi connectivity index (χ4n) is 1.71. The summed E-state index contributed by atoms with van der Waals surface area (Å²) in [7, 11) is 0. The van der Waals surface area contributed by atoms with E-state index >= 15 is 0 Å². The van der Waals surface area contributed by atoms with Crippen molar-refractivity contribution in [3.05, 3.63) is 84.2 Å². The molecule has 2 heteroatoms. The maximum atomic E-state index is 12.8. The van der Waals surface area contributed by atoms with Gasteiger partial charge in [-0.05, 0) is 23.3 Å². The first kappa shape index (κ1) is 12.5. The van der Waals surface area contributed by atoms with E-state index in [1.165, 1.54) is 12.1 Å². The normalized spacial score (nSPS) is 12.1. The zero-order valence-corrected chi connectivity index (χ0v) is 10.1. The van der Waals surface area contributed by atoms with E-state index in [1.807, 2.05) is 30.3 Å². The van der Waals surface area contributed by atoms with E-state index in [0.29, 0.717) is 6.61 Å². The molecule has 18 heavy (non-hydrogen) atoms. The van der Waals surface area contributed by atoms with Crippen LogP contribution in [0.2, 0.25) is 0 Å². The third-order valence-corrected chi connectivity index (χ3v) is 2.68. The van der Waals surface area contributed by atoms with Gasteiger partial charge in [-0.1, -0.05) is 48.5 Å². The van der Waals surface area contributed by atoms with E-state index in [9.17, 15) is 4.39 Å². The van der Waals surface area contributed by atoms with E-state index in [1.54, 1.807) is 18.2 Å². The Labute approximate surface area is 107 Å². The van der Waals surface area contributed by atoms with Gasteiger partial charge < -0.3 is 4.74 Å². The van der Waals surface area contributed by atoms with Gasteiger partial charge in [0, 0.05) is 0 Å². The number of hydrogen-bond acceptors (Lipinski definition) is 1. The van der Waals surface area contributed by atoms with Gasteiger partial charge in [-0.15, -0.1) is 6.58 Å². The average molecular weight is 242 g/mol. The number of ether oxygens (including phenoxy) is 1. The molecular weight excluding hydrogens is 227 g/mol. The number of halogens is 1. The molecule has 2 aromatic rings. The van der Waals surface area contributed by atoms with E-state index in [2.05, 4.69) is 6.58 Å². The van der Waals surface area contributed by atoms with Gasteiger partial charge in [0.05, 0.1) is 6.61 Å². The summed E-state index contributed by atoms with van der Waals surface area (Å²) in [6, 6.07) is 16.2. The van der Waals surface area contributed by atoms with Crippen LogP contribution in [0.25, 0.3) is 0 Å². The number of hydrogen-bond donors (Lipinski definition) is 0. The van der Waals surface area contributed by atoms with Crippen molar-refractivity contribution in [2.24, 2.45) is 0 Å². The van der Waals surface area contributed by atoms with E-state index in [-0.39, 0.29) is 11.9 Å². The average Bonchev–Trinajstić information content (AvgIpc) is 2.42. The third-order valence-electron chi connectivity index (χ3n) is 2.68. The predicted molar refractivity (Wildman–Crippen MR) is 70.6 cm³/mol. The molecule has 0 amide bonds. The van der Waals surface area contributed by atoms with E-state index in [4.69, 9.17) is 4.74 Å². The first-order valence-electron chi connectivity index (χ1n) is 5.83. The molecule has 0 unspecified atom stereocenters. The van der Waals surface area contributed by atoms with Crippen LogP contribution < -0.4 is 0 Å². The van der Waals surface area contributed by atoms with Gasteiger partial charge in [-0.3, -0.25) is 0 Å². The number of benzene rings is 2. The highest BCUT2D eigenvalue weighted by atomic mass is 19.1. The summed E-state index contributed by atoms with van der Waals surface area (Å²) in [6.07, 6.45) is 1.50. The van der Waals surface area contributed by atoms with Gasteiger partial charge in [0.25, 0.3) is 0 Å². The molecule has 0 aliphatic rings. The van der Waals surface area contributed by atoms with Crippen molar-refractivity contribution >= 4 is 0 Å². The first-order chi connectivity index (χ1) is 8.79. The summed E-state index contributed by atoms with van der Waals surface area (Å²) in [6.45, 7) is 4.26. The topological polar surface area (TPSA) is 9.23 Å². The first-order valence-corrected chi connectivity index (χ1v) is 5.83. The maximum Gasteiger partial charge on any atom is 0.123 e. The molecule has 0 saturated heterocycles. The van der Waals surface area contributed by atoms with Gasteiger partial charge in [0.2, 0.25) is 0 Å². The molecule has 2 rings (SSSR count). The molecule has 0 aromatic heterocycles. The molecule has 2 aromatic carbocycles. The predicted octanol–water partition coefficient (Wildman–Crippen LogP) is 4.27. The van der Waals surface area contributed by atoms with Gasteiger partial charge in [0.15, 0.2) is 0 Å². The summed E-state index contributed by atoms with van der Waals surface area (Å²) < 4.78 is 18.6. The van der Waals surface area contributed by atoms with Crippen LogP contribution in [0, 0.1) is 5.82 Å². The van der Waals surface area contributed by atoms with Crippen LogP contribution in [-0.2, 0) is 11.3 Å². The summed E-state index contributed by atoms with van der Waals surface area (Å²) in [5, 5.41) is 0. The fraction of sp³-hybridized carbons (Fsp3) is 0.125. The van der Waals surface area contributed by atoms with Gasteiger partial charge in [0.1, 0.15) is 11.9 Å². The van der Waals surface area contributed by atoms with Crippen molar-refractivity contribution in [1.29, 1.82) is 0 Å². The highest BCUT2D eigenvalue weighted by molar-refractivity contribution is 5.22.